The van der Waals surface area contributed by atoms with E-state index in [4.69, 9.17) is 0 Å². The Morgan fingerprint density at radius 2 is 2.44 bits per heavy atom. The van der Waals surface area contributed by atoms with Gasteiger partial charge in [-0.05, 0) is 40.9 Å². The molecule has 0 bridgehead atoms. The van der Waals surface area contributed by atoms with Crippen LogP contribution in [-0.2, 0) is 0 Å². The second-order valence-electron chi connectivity index (χ2n) is 4.23. The van der Waals surface area contributed by atoms with E-state index in [1.807, 2.05) is 12.3 Å². The number of pyridine rings is 1. The Kier molecular flexibility index (Phi) is 3.82. The van der Waals surface area contributed by atoms with Gasteiger partial charge < -0.3 is 10.2 Å². The summed E-state index contributed by atoms with van der Waals surface area (Å²) in [6.07, 6.45) is 3.04. The molecule has 88 valence electrons. The maximum Gasteiger partial charge on any atom is 0.143 e. The minimum absolute atomic E-state index is 0.555. The van der Waals surface area contributed by atoms with Gasteiger partial charge in [0, 0.05) is 31.9 Å². The SMILES string of the molecule is CCC1CNCCN1c1nccc(C)c1Br. The molecule has 1 aliphatic rings. The fourth-order valence-electron chi connectivity index (χ4n) is 2.13. The number of halogens is 1. The predicted molar refractivity (Wildman–Crippen MR) is 71.0 cm³/mol. The van der Waals surface area contributed by atoms with Gasteiger partial charge >= 0.3 is 0 Å². The lowest BCUT2D eigenvalue weighted by Gasteiger charge is -2.37. The first kappa shape index (κ1) is 11.9. The van der Waals surface area contributed by atoms with Gasteiger partial charge in [-0.2, -0.15) is 0 Å². The van der Waals surface area contributed by atoms with Gasteiger partial charge in [0.25, 0.3) is 0 Å². The van der Waals surface area contributed by atoms with Crippen LogP contribution in [0.2, 0.25) is 0 Å². The van der Waals surface area contributed by atoms with Crippen molar-refractivity contribution < 1.29 is 0 Å². The third-order valence-electron chi connectivity index (χ3n) is 3.16. The van der Waals surface area contributed by atoms with Crippen molar-refractivity contribution in [3.63, 3.8) is 0 Å². The minimum atomic E-state index is 0.555. The summed E-state index contributed by atoms with van der Waals surface area (Å²) in [5, 5.41) is 3.43. The smallest absolute Gasteiger partial charge is 0.143 e. The van der Waals surface area contributed by atoms with E-state index < -0.39 is 0 Å². The Morgan fingerprint density at radius 3 is 3.19 bits per heavy atom. The summed E-state index contributed by atoms with van der Waals surface area (Å²) < 4.78 is 1.13. The third kappa shape index (κ3) is 2.23. The van der Waals surface area contributed by atoms with Gasteiger partial charge in [0.2, 0.25) is 0 Å². The molecule has 2 heterocycles. The van der Waals surface area contributed by atoms with E-state index in [0.29, 0.717) is 6.04 Å². The zero-order valence-electron chi connectivity index (χ0n) is 9.83. The summed E-state index contributed by atoms with van der Waals surface area (Å²) in [7, 11) is 0. The Bertz CT molecular complexity index is 367. The largest absolute Gasteiger partial charge is 0.350 e. The highest BCUT2D eigenvalue weighted by Crippen LogP contribution is 2.29. The molecule has 1 aliphatic heterocycles. The first-order valence-electron chi connectivity index (χ1n) is 5.82. The molecule has 2 rings (SSSR count). The molecule has 1 N–H and O–H groups in total. The standard InChI is InChI=1S/C12H18BrN3/c1-3-10-8-14-6-7-16(10)12-11(13)9(2)4-5-15-12/h4-5,10,14H,3,6-8H2,1-2H3. The maximum atomic E-state index is 4.51. The molecule has 1 saturated heterocycles. The van der Waals surface area contributed by atoms with Crippen molar-refractivity contribution in [3.05, 3.63) is 22.3 Å². The van der Waals surface area contributed by atoms with Gasteiger partial charge in [0.1, 0.15) is 5.82 Å². The molecule has 4 heteroatoms. The fraction of sp³-hybridized carbons (Fsp3) is 0.583. The van der Waals surface area contributed by atoms with Crippen molar-refractivity contribution in [1.82, 2.24) is 10.3 Å². The average Bonchev–Trinajstić information content (AvgIpc) is 2.33. The molecule has 0 aromatic carbocycles. The number of rotatable bonds is 2. The van der Waals surface area contributed by atoms with E-state index >= 15 is 0 Å². The summed E-state index contributed by atoms with van der Waals surface area (Å²) in [5.41, 5.74) is 1.25. The van der Waals surface area contributed by atoms with Gasteiger partial charge in [-0.25, -0.2) is 4.98 Å². The van der Waals surface area contributed by atoms with Crippen LogP contribution in [0.4, 0.5) is 5.82 Å². The van der Waals surface area contributed by atoms with Crippen LogP contribution in [0.25, 0.3) is 0 Å². The fourth-order valence-corrected chi connectivity index (χ4v) is 2.59. The lowest BCUT2D eigenvalue weighted by Crippen LogP contribution is -2.51. The second kappa shape index (κ2) is 5.15. The van der Waals surface area contributed by atoms with E-state index in [0.717, 1.165) is 36.3 Å². The molecule has 0 aliphatic carbocycles. The monoisotopic (exact) mass is 283 g/mol. The number of anilines is 1. The number of hydrogen-bond acceptors (Lipinski definition) is 3. The van der Waals surface area contributed by atoms with E-state index in [1.165, 1.54) is 5.56 Å². The van der Waals surface area contributed by atoms with Crippen molar-refractivity contribution in [2.45, 2.75) is 26.3 Å². The van der Waals surface area contributed by atoms with Gasteiger partial charge in [-0.1, -0.05) is 6.92 Å². The van der Waals surface area contributed by atoms with Crippen LogP contribution in [0.15, 0.2) is 16.7 Å². The van der Waals surface area contributed by atoms with Crippen LogP contribution in [0.5, 0.6) is 0 Å². The van der Waals surface area contributed by atoms with Crippen molar-refractivity contribution in [1.29, 1.82) is 0 Å². The Morgan fingerprint density at radius 1 is 1.62 bits per heavy atom. The summed E-state index contributed by atoms with van der Waals surface area (Å²) >= 11 is 3.65. The number of nitrogens with zero attached hydrogens (tertiary/aromatic N) is 2. The summed E-state index contributed by atoms with van der Waals surface area (Å²) in [6.45, 7) is 7.47. The first-order chi connectivity index (χ1) is 7.74. The van der Waals surface area contributed by atoms with Crippen molar-refractivity contribution >= 4 is 21.7 Å². The molecule has 0 saturated carbocycles. The van der Waals surface area contributed by atoms with Gasteiger partial charge in [-0.15, -0.1) is 0 Å². The van der Waals surface area contributed by atoms with Gasteiger partial charge in [-0.3, -0.25) is 0 Å². The number of hydrogen-bond donors (Lipinski definition) is 1. The molecule has 0 radical (unpaired) electrons. The van der Waals surface area contributed by atoms with Crippen LogP contribution < -0.4 is 10.2 Å². The number of piperazine rings is 1. The molecule has 1 atom stereocenters. The molecule has 16 heavy (non-hydrogen) atoms. The molecule has 1 unspecified atom stereocenters. The molecular weight excluding hydrogens is 266 g/mol. The highest BCUT2D eigenvalue weighted by Gasteiger charge is 2.23. The van der Waals surface area contributed by atoms with Crippen LogP contribution >= 0.6 is 15.9 Å². The topological polar surface area (TPSA) is 28.2 Å². The van der Waals surface area contributed by atoms with Crippen LogP contribution in [0, 0.1) is 6.92 Å². The van der Waals surface area contributed by atoms with E-state index in [-0.39, 0.29) is 0 Å². The normalized spacial score (nSPS) is 21.2. The Labute approximate surface area is 105 Å². The van der Waals surface area contributed by atoms with Crippen LogP contribution in [-0.4, -0.2) is 30.7 Å². The first-order valence-corrected chi connectivity index (χ1v) is 6.61. The van der Waals surface area contributed by atoms with E-state index in [2.05, 4.69) is 45.0 Å². The zero-order valence-corrected chi connectivity index (χ0v) is 11.4. The van der Waals surface area contributed by atoms with Gasteiger partial charge in [0.05, 0.1) is 4.47 Å². The molecule has 1 aromatic heterocycles. The van der Waals surface area contributed by atoms with Gasteiger partial charge in [0.15, 0.2) is 0 Å². The quantitative estimate of drug-likeness (QED) is 0.903. The molecule has 3 nitrogen and oxygen atoms in total. The molecule has 0 amide bonds. The zero-order chi connectivity index (χ0) is 11.5. The lowest BCUT2D eigenvalue weighted by molar-refractivity contribution is 0.462. The molecule has 0 spiro atoms. The lowest BCUT2D eigenvalue weighted by atomic mass is 10.1. The van der Waals surface area contributed by atoms with Crippen molar-refractivity contribution in [2.24, 2.45) is 0 Å². The number of nitrogens with one attached hydrogen (secondary N) is 1. The number of aryl methyl sites for hydroxylation is 1. The number of aromatic nitrogens is 1. The Balaban J connectivity index is 2.30. The molecule has 1 fully saturated rings. The summed E-state index contributed by atoms with van der Waals surface area (Å²) in [4.78, 5) is 6.92. The maximum absolute atomic E-state index is 4.51. The van der Waals surface area contributed by atoms with Crippen LogP contribution in [0.1, 0.15) is 18.9 Å². The van der Waals surface area contributed by atoms with E-state index in [9.17, 15) is 0 Å². The highest BCUT2D eigenvalue weighted by molar-refractivity contribution is 9.10. The van der Waals surface area contributed by atoms with E-state index in [1.54, 1.807) is 0 Å². The van der Waals surface area contributed by atoms with Crippen molar-refractivity contribution in [3.8, 4) is 0 Å². The molecule has 1 aromatic rings. The molecular formula is C12H18BrN3. The highest BCUT2D eigenvalue weighted by atomic mass is 79.9. The van der Waals surface area contributed by atoms with Crippen molar-refractivity contribution in [2.75, 3.05) is 24.5 Å². The Hall–Kier alpha value is -0.610. The summed E-state index contributed by atoms with van der Waals surface area (Å²) in [6, 6.07) is 2.59. The predicted octanol–water partition coefficient (Wildman–Crippen LogP) is 2.34. The summed E-state index contributed by atoms with van der Waals surface area (Å²) in [5.74, 6) is 1.09. The van der Waals surface area contributed by atoms with Crippen LogP contribution in [0.3, 0.4) is 0 Å². The third-order valence-corrected chi connectivity index (χ3v) is 4.14. The average molecular weight is 284 g/mol. The minimum Gasteiger partial charge on any atom is -0.350 e. The second-order valence-corrected chi connectivity index (χ2v) is 5.02.